The largest absolute Gasteiger partial charge is 0.485 e. The summed E-state index contributed by atoms with van der Waals surface area (Å²) in [4.78, 5) is 15.2. The van der Waals surface area contributed by atoms with E-state index in [1.54, 1.807) is 22.8 Å². The Bertz CT molecular complexity index is 1330. The van der Waals surface area contributed by atoms with Crippen molar-refractivity contribution < 1.29 is 24.5 Å². The number of fused-ring (bicyclic) bond motifs is 1. The van der Waals surface area contributed by atoms with Gasteiger partial charge in [-0.05, 0) is 54.8 Å². The first-order chi connectivity index (χ1) is 16.9. The minimum absolute atomic E-state index is 0.0780. The van der Waals surface area contributed by atoms with Crippen LogP contribution < -0.4 is 9.47 Å². The molecule has 9 heteroatoms. The van der Waals surface area contributed by atoms with E-state index in [9.17, 15) is 9.90 Å². The van der Waals surface area contributed by atoms with Gasteiger partial charge >= 0.3 is 5.97 Å². The number of benzene rings is 2. The number of rotatable bonds is 7. The van der Waals surface area contributed by atoms with E-state index in [-0.39, 0.29) is 12.2 Å². The van der Waals surface area contributed by atoms with E-state index in [4.69, 9.17) is 14.6 Å². The molecule has 0 atom stereocenters. The molecule has 2 aromatic heterocycles. The van der Waals surface area contributed by atoms with Gasteiger partial charge in [0.15, 0.2) is 5.65 Å². The molecule has 2 fully saturated rings. The normalized spacial score (nSPS) is 16.6. The van der Waals surface area contributed by atoms with Crippen LogP contribution in [0.5, 0.6) is 11.5 Å². The number of hydrogen-bond donors (Lipinski definition) is 2. The zero-order valence-corrected chi connectivity index (χ0v) is 20.4. The molecular formula is C26H24BrN3O5. The third-order valence-corrected chi connectivity index (χ3v) is 6.61. The zero-order chi connectivity index (χ0) is 24.5. The summed E-state index contributed by atoms with van der Waals surface area (Å²) in [7, 11) is 0. The van der Waals surface area contributed by atoms with Gasteiger partial charge in [0.1, 0.15) is 17.1 Å². The van der Waals surface area contributed by atoms with Crippen molar-refractivity contribution in [2.24, 2.45) is 0 Å². The zero-order valence-electron chi connectivity index (χ0n) is 18.8. The summed E-state index contributed by atoms with van der Waals surface area (Å²) in [6.07, 6.45) is 8.55. The standard InChI is InChI=1S/C16H15N3O2.C10H9BrO3/c20-11-16(6-7-16)21-14-3-1-12(2-4-14)13-9-17-15-5-8-18-19(15)10-13;11-7-1-3-8(4-2-7)14-10(5-6-10)9(12)13/h1-5,8-10,20H,6-7,11H2;1-4H,5-6H2,(H,12,13). The van der Waals surface area contributed by atoms with Gasteiger partial charge in [0.25, 0.3) is 0 Å². The van der Waals surface area contributed by atoms with Gasteiger partial charge in [0, 0.05) is 41.3 Å². The van der Waals surface area contributed by atoms with Gasteiger partial charge in [-0.2, -0.15) is 5.10 Å². The van der Waals surface area contributed by atoms with Crippen molar-refractivity contribution in [3.05, 3.63) is 77.7 Å². The van der Waals surface area contributed by atoms with E-state index in [1.165, 1.54) is 0 Å². The monoisotopic (exact) mass is 537 g/mol. The smallest absolute Gasteiger partial charge is 0.348 e. The summed E-state index contributed by atoms with van der Waals surface area (Å²) in [5.41, 5.74) is 1.60. The second kappa shape index (κ2) is 9.31. The highest BCUT2D eigenvalue weighted by Crippen LogP contribution is 2.41. The van der Waals surface area contributed by atoms with Gasteiger partial charge in [-0.1, -0.05) is 28.1 Å². The molecule has 2 aliphatic carbocycles. The minimum atomic E-state index is -0.951. The van der Waals surface area contributed by atoms with Crippen molar-refractivity contribution >= 4 is 27.5 Å². The lowest BCUT2D eigenvalue weighted by Crippen LogP contribution is -2.28. The maximum absolute atomic E-state index is 10.8. The van der Waals surface area contributed by atoms with Crippen LogP contribution in [0, 0.1) is 0 Å². The van der Waals surface area contributed by atoms with Crippen LogP contribution in [0.15, 0.2) is 77.7 Å². The third-order valence-electron chi connectivity index (χ3n) is 6.09. The lowest BCUT2D eigenvalue weighted by Gasteiger charge is -2.15. The SMILES string of the molecule is O=C(O)C1(Oc2ccc(Br)cc2)CC1.OCC1(Oc2ccc(-c3cnc4ccnn4c3)cc2)CC1. The molecule has 0 saturated heterocycles. The van der Waals surface area contributed by atoms with E-state index in [1.807, 2.05) is 54.9 Å². The average molecular weight is 538 g/mol. The quantitative estimate of drug-likeness (QED) is 0.350. The Morgan fingerprint density at radius 1 is 0.943 bits per heavy atom. The summed E-state index contributed by atoms with van der Waals surface area (Å²) in [6, 6.07) is 16.9. The molecule has 0 amide bonds. The maximum atomic E-state index is 10.8. The fraction of sp³-hybridized carbons (Fsp3) is 0.269. The van der Waals surface area contributed by atoms with Gasteiger partial charge < -0.3 is 19.7 Å². The molecule has 2 aromatic carbocycles. The van der Waals surface area contributed by atoms with E-state index >= 15 is 0 Å². The highest BCUT2D eigenvalue weighted by Gasteiger charge is 2.53. The summed E-state index contributed by atoms with van der Waals surface area (Å²) in [5.74, 6) is 0.520. The predicted octanol–water partition coefficient (Wildman–Crippen LogP) is 4.75. The molecule has 0 spiro atoms. The highest BCUT2D eigenvalue weighted by molar-refractivity contribution is 9.10. The number of carboxylic acids is 1. The topological polar surface area (TPSA) is 106 Å². The summed E-state index contributed by atoms with van der Waals surface area (Å²) in [5, 5.41) is 22.4. The molecular weight excluding hydrogens is 514 g/mol. The second-order valence-electron chi connectivity index (χ2n) is 8.80. The molecule has 0 bridgehead atoms. The van der Waals surface area contributed by atoms with Crippen molar-refractivity contribution in [3.63, 3.8) is 0 Å². The molecule has 6 rings (SSSR count). The van der Waals surface area contributed by atoms with Crippen LogP contribution in [0.4, 0.5) is 0 Å². The minimum Gasteiger partial charge on any atom is -0.485 e. The van der Waals surface area contributed by atoms with E-state index in [0.717, 1.165) is 39.8 Å². The molecule has 8 nitrogen and oxygen atoms in total. The second-order valence-corrected chi connectivity index (χ2v) is 9.72. The first-order valence-corrected chi connectivity index (χ1v) is 12.1. The average Bonchev–Trinajstić information content (AvgIpc) is 3.78. The van der Waals surface area contributed by atoms with E-state index < -0.39 is 11.6 Å². The molecule has 0 unspecified atom stereocenters. The number of hydrogen-bond acceptors (Lipinski definition) is 6. The van der Waals surface area contributed by atoms with Crippen LogP contribution in [0.1, 0.15) is 25.7 Å². The first-order valence-electron chi connectivity index (χ1n) is 11.3. The number of nitrogens with zero attached hydrogens (tertiary/aromatic N) is 3. The fourth-order valence-electron chi connectivity index (χ4n) is 3.56. The van der Waals surface area contributed by atoms with Crippen LogP contribution in [0.25, 0.3) is 16.8 Å². The van der Waals surface area contributed by atoms with Crippen LogP contribution in [-0.2, 0) is 4.79 Å². The molecule has 2 N–H and O–H groups in total. The molecule has 35 heavy (non-hydrogen) atoms. The number of aliphatic carboxylic acids is 1. The number of ether oxygens (including phenoxy) is 2. The Labute approximate surface area is 210 Å². The van der Waals surface area contributed by atoms with Crippen LogP contribution in [-0.4, -0.2) is 48.6 Å². The maximum Gasteiger partial charge on any atom is 0.348 e. The van der Waals surface area contributed by atoms with Crippen molar-refractivity contribution in [2.45, 2.75) is 36.9 Å². The van der Waals surface area contributed by atoms with Crippen molar-refractivity contribution in [1.29, 1.82) is 0 Å². The number of aliphatic hydroxyl groups excluding tert-OH is 1. The van der Waals surface area contributed by atoms with Gasteiger partial charge in [-0.3, -0.25) is 0 Å². The van der Waals surface area contributed by atoms with Crippen molar-refractivity contribution in [3.8, 4) is 22.6 Å². The number of carboxylic acid groups (broad SMARTS) is 1. The Morgan fingerprint density at radius 3 is 2.20 bits per heavy atom. The number of aromatic nitrogens is 3. The van der Waals surface area contributed by atoms with Gasteiger partial charge in [-0.25, -0.2) is 14.3 Å². The molecule has 0 radical (unpaired) electrons. The Morgan fingerprint density at radius 2 is 1.60 bits per heavy atom. The van der Waals surface area contributed by atoms with Gasteiger partial charge in [0.2, 0.25) is 5.60 Å². The molecule has 2 aliphatic rings. The Kier molecular flexibility index (Phi) is 6.21. The van der Waals surface area contributed by atoms with Crippen LogP contribution >= 0.6 is 15.9 Å². The molecule has 0 aliphatic heterocycles. The molecule has 4 aromatic rings. The van der Waals surface area contributed by atoms with Crippen LogP contribution in [0.2, 0.25) is 0 Å². The van der Waals surface area contributed by atoms with E-state index in [2.05, 4.69) is 26.0 Å². The van der Waals surface area contributed by atoms with Gasteiger partial charge in [-0.15, -0.1) is 0 Å². The molecule has 2 saturated carbocycles. The number of aliphatic hydroxyl groups is 1. The lowest BCUT2D eigenvalue weighted by molar-refractivity contribution is -0.147. The molecule has 180 valence electrons. The number of carbonyl (C=O) groups is 1. The van der Waals surface area contributed by atoms with Crippen LogP contribution in [0.3, 0.4) is 0 Å². The third kappa shape index (κ3) is 5.31. The molecule has 2 heterocycles. The fourth-order valence-corrected chi connectivity index (χ4v) is 3.82. The summed E-state index contributed by atoms with van der Waals surface area (Å²) in [6.45, 7) is 0.0780. The number of halogens is 1. The van der Waals surface area contributed by atoms with Crippen molar-refractivity contribution in [1.82, 2.24) is 14.6 Å². The Hall–Kier alpha value is -3.43. The lowest BCUT2D eigenvalue weighted by atomic mass is 10.1. The first kappa shape index (κ1) is 23.3. The predicted molar refractivity (Wildman–Crippen MR) is 132 cm³/mol. The highest BCUT2D eigenvalue weighted by atomic mass is 79.9. The summed E-state index contributed by atoms with van der Waals surface area (Å²) >= 11 is 3.30. The van der Waals surface area contributed by atoms with Gasteiger partial charge in [0.05, 0.1) is 12.8 Å². The summed E-state index contributed by atoms with van der Waals surface area (Å²) < 4.78 is 13.9. The van der Waals surface area contributed by atoms with Crippen molar-refractivity contribution in [2.75, 3.05) is 6.61 Å². The Balaban J connectivity index is 0.000000158. The van der Waals surface area contributed by atoms with E-state index in [0.29, 0.717) is 18.6 Å².